The molecule has 0 spiro atoms. The lowest BCUT2D eigenvalue weighted by atomic mass is 10.1. The van der Waals surface area contributed by atoms with E-state index in [0.717, 1.165) is 5.56 Å². The third-order valence-corrected chi connectivity index (χ3v) is 16.3. The van der Waals surface area contributed by atoms with Crippen LogP contribution in [-0.4, -0.2) is 73.6 Å². The van der Waals surface area contributed by atoms with Gasteiger partial charge in [-0.2, -0.15) is 0 Å². The number of aliphatic hydroxyl groups excluding tert-OH is 2. The van der Waals surface area contributed by atoms with E-state index in [-0.39, 0.29) is 24.7 Å². The molecule has 10 nitrogen and oxygen atoms in total. The minimum atomic E-state index is -4.18. The Morgan fingerprint density at radius 1 is 1.00 bits per heavy atom. The summed E-state index contributed by atoms with van der Waals surface area (Å²) in [7, 11) is -6.47. The first-order valence-electron chi connectivity index (χ1n) is 15.2. The summed E-state index contributed by atoms with van der Waals surface area (Å²) in [5.41, 5.74) is 3.23. The van der Waals surface area contributed by atoms with E-state index in [1.807, 2.05) is 6.92 Å². The van der Waals surface area contributed by atoms with Crippen molar-refractivity contribution in [3.63, 3.8) is 0 Å². The number of aryl methyl sites for hydroxylation is 1. The molecule has 0 saturated heterocycles. The maximum atomic E-state index is 14.5. The third-order valence-electron chi connectivity index (χ3n) is 8.47. The molecule has 2 aromatic carbocycles. The van der Waals surface area contributed by atoms with Crippen LogP contribution in [0, 0.1) is 6.92 Å². The zero-order valence-corrected chi connectivity index (χ0v) is 28.5. The van der Waals surface area contributed by atoms with E-state index in [4.69, 9.17) is 9.16 Å². The number of sulfonamides is 1. The van der Waals surface area contributed by atoms with Crippen molar-refractivity contribution in [2.75, 3.05) is 17.5 Å². The van der Waals surface area contributed by atoms with Gasteiger partial charge in [0, 0.05) is 5.56 Å². The van der Waals surface area contributed by atoms with Gasteiger partial charge in [0.05, 0.1) is 36.5 Å². The zero-order valence-electron chi connectivity index (χ0n) is 26.7. The van der Waals surface area contributed by atoms with Crippen LogP contribution in [0.2, 0.25) is 16.6 Å². The molecule has 1 aliphatic rings. The van der Waals surface area contributed by atoms with E-state index in [2.05, 4.69) is 51.9 Å². The van der Waals surface area contributed by atoms with E-state index in [1.165, 1.54) is 8.99 Å². The number of nitrogens with zero attached hydrogens (tertiary/aromatic N) is 4. The maximum absolute atomic E-state index is 14.5. The van der Waals surface area contributed by atoms with Gasteiger partial charge in [0.25, 0.3) is 10.0 Å². The number of hydrogen-bond acceptors (Lipinski definition) is 8. The van der Waals surface area contributed by atoms with Crippen molar-refractivity contribution in [2.24, 2.45) is 0 Å². The fourth-order valence-corrected chi connectivity index (χ4v) is 13.4. The van der Waals surface area contributed by atoms with Gasteiger partial charge < -0.3 is 19.4 Å². The molecule has 2 heterocycles. The fraction of sp³-hybridized carbons (Fsp3) is 0.500. The van der Waals surface area contributed by atoms with Gasteiger partial charge in [0.15, 0.2) is 14.5 Å². The Morgan fingerprint density at radius 3 is 2.25 bits per heavy atom. The largest absolute Gasteiger partial charge is 0.413 e. The highest BCUT2D eigenvalue weighted by molar-refractivity contribution is 7.92. The summed E-state index contributed by atoms with van der Waals surface area (Å²) in [6.07, 6.45) is 1.98. The van der Waals surface area contributed by atoms with E-state index >= 15 is 0 Å². The highest BCUT2D eigenvalue weighted by Crippen LogP contribution is 2.43. The number of hydrogen-bond donors (Lipinski definition) is 2. The van der Waals surface area contributed by atoms with Crippen molar-refractivity contribution in [1.82, 2.24) is 15.0 Å². The first-order valence-corrected chi connectivity index (χ1v) is 18.8. The normalized spacial score (nSPS) is 19.3. The molecule has 0 bridgehead atoms. The summed E-state index contributed by atoms with van der Waals surface area (Å²) in [5, 5.41) is 28.7. The Kier molecular flexibility index (Phi) is 10.9. The molecule has 44 heavy (non-hydrogen) atoms. The number of aliphatic hydroxyl groups is 2. The second-order valence-electron chi connectivity index (χ2n) is 12.3. The number of ether oxygens (including phenoxy) is 1. The van der Waals surface area contributed by atoms with Gasteiger partial charge in [-0.1, -0.05) is 88.7 Å². The molecule has 1 aliphatic heterocycles. The average Bonchev–Trinajstić information content (AvgIpc) is 3.43. The molecule has 1 aromatic heterocycles. The molecular weight excluding hydrogens is 597 g/mol. The molecule has 0 amide bonds. The minimum absolute atomic E-state index is 0.101. The minimum Gasteiger partial charge on any atom is -0.413 e. The van der Waals surface area contributed by atoms with Gasteiger partial charge >= 0.3 is 0 Å². The molecule has 0 fully saturated rings. The summed E-state index contributed by atoms with van der Waals surface area (Å²) in [6, 6.07) is 13.7. The average molecular weight is 643 g/mol. The van der Waals surface area contributed by atoms with Crippen LogP contribution in [-0.2, 0) is 25.7 Å². The second kappa shape index (κ2) is 14.0. The summed E-state index contributed by atoms with van der Waals surface area (Å²) < 4.78 is 44.9. The number of aromatic nitrogens is 3. The topological polar surface area (TPSA) is 127 Å². The Hall–Kier alpha value is -2.87. The molecule has 3 aromatic rings. The first-order chi connectivity index (χ1) is 20.8. The van der Waals surface area contributed by atoms with Crippen LogP contribution in [0.15, 0.2) is 71.8 Å². The summed E-state index contributed by atoms with van der Waals surface area (Å²) >= 11 is 0. The summed E-state index contributed by atoms with van der Waals surface area (Å²) in [4.78, 5) is 0.101. The molecule has 3 atom stereocenters. The van der Waals surface area contributed by atoms with Crippen LogP contribution in [0.4, 0.5) is 5.69 Å². The quantitative estimate of drug-likeness (QED) is 0.191. The van der Waals surface area contributed by atoms with E-state index in [1.54, 1.807) is 66.9 Å². The van der Waals surface area contributed by atoms with Crippen molar-refractivity contribution in [3.05, 3.63) is 72.4 Å². The van der Waals surface area contributed by atoms with Gasteiger partial charge in [-0.25, -0.2) is 17.4 Å². The van der Waals surface area contributed by atoms with Gasteiger partial charge in [0.1, 0.15) is 17.9 Å². The van der Waals surface area contributed by atoms with E-state index in [9.17, 15) is 18.6 Å². The van der Waals surface area contributed by atoms with E-state index < -0.39 is 36.8 Å². The van der Waals surface area contributed by atoms with Crippen molar-refractivity contribution in [3.8, 4) is 11.3 Å². The van der Waals surface area contributed by atoms with Crippen LogP contribution < -0.4 is 4.31 Å². The lowest BCUT2D eigenvalue weighted by molar-refractivity contribution is -0.0732. The second-order valence-corrected chi connectivity index (χ2v) is 19.6. The number of para-hydroxylation sites is 1. The van der Waals surface area contributed by atoms with Crippen LogP contribution in [0.3, 0.4) is 0 Å². The van der Waals surface area contributed by atoms with Crippen LogP contribution in [0.25, 0.3) is 11.3 Å². The van der Waals surface area contributed by atoms with Crippen LogP contribution >= 0.6 is 0 Å². The zero-order chi connectivity index (χ0) is 32.2. The van der Waals surface area contributed by atoms with Gasteiger partial charge in [0.2, 0.25) is 0 Å². The molecule has 12 heteroatoms. The SMILES string of the molecule is Cc1ccc(S(=O)(=O)N(c2ccccc2-c2cn(CCO)nn2)[C@H]2C=C[C@@H](O)[C@@H](CO[Si](C(C)C)(C(C)C)C(C)C)O2)cc1. The van der Waals surface area contributed by atoms with Gasteiger partial charge in [-0.3, -0.25) is 0 Å². The Balaban J connectivity index is 1.78. The molecule has 0 saturated carbocycles. The number of benzene rings is 2. The lowest BCUT2D eigenvalue weighted by Gasteiger charge is -2.44. The molecular formula is C32H46N4O6SSi. The predicted molar refractivity (Wildman–Crippen MR) is 174 cm³/mol. The Labute approximate surface area is 262 Å². The smallest absolute Gasteiger partial charge is 0.266 e. The molecule has 0 aliphatic carbocycles. The molecule has 0 unspecified atom stereocenters. The summed E-state index contributed by atoms with van der Waals surface area (Å²) in [5.74, 6) is 0. The summed E-state index contributed by atoms with van der Waals surface area (Å²) in [6.45, 7) is 15.3. The Bertz CT molecular complexity index is 1500. The molecule has 4 rings (SSSR count). The molecule has 240 valence electrons. The van der Waals surface area contributed by atoms with Crippen molar-refractivity contribution < 1.29 is 27.8 Å². The van der Waals surface area contributed by atoms with E-state index in [0.29, 0.717) is 33.6 Å². The third kappa shape index (κ3) is 6.85. The van der Waals surface area contributed by atoms with Crippen molar-refractivity contribution >= 4 is 24.0 Å². The monoisotopic (exact) mass is 642 g/mol. The number of anilines is 1. The molecule has 2 N–H and O–H groups in total. The number of rotatable bonds is 13. The predicted octanol–water partition coefficient (Wildman–Crippen LogP) is 5.28. The fourth-order valence-electron chi connectivity index (χ4n) is 6.38. The maximum Gasteiger partial charge on any atom is 0.266 e. The van der Waals surface area contributed by atoms with Crippen LogP contribution in [0.1, 0.15) is 47.1 Å². The van der Waals surface area contributed by atoms with Gasteiger partial charge in [-0.05, 0) is 47.8 Å². The van der Waals surface area contributed by atoms with Crippen molar-refractivity contribution in [2.45, 2.75) is 95.0 Å². The van der Waals surface area contributed by atoms with Crippen LogP contribution in [0.5, 0.6) is 0 Å². The van der Waals surface area contributed by atoms with Gasteiger partial charge in [-0.15, -0.1) is 5.10 Å². The Morgan fingerprint density at radius 2 is 1.64 bits per heavy atom. The highest BCUT2D eigenvalue weighted by Gasteiger charge is 2.46. The standard InChI is InChI=1S/C32H46N4O6SSi/c1-22(2)44(23(3)4,24(5)6)41-21-31-30(38)16-17-32(42-31)36(43(39,40)26-14-12-25(7)13-15-26)29-11-9-8-10-27(29)28-20-35(18-19-37)34-33-28/h8-17,20,22-24,30-32,37-38H,18-19,21H2,1-7H3/t30-,31-,32-/m1/s1. The first kappa shape index (κ1) is 34.0. The lowest BCUT2D eigenvalue weighted by Crippen LogP contribution is -2.53. The molecule has 0 radical (unpaired) electrons. The highest BCUT2D eigenvalue weighted by atomic mass is 32.2. The van der Waals surface area contributed by atoms with Crippen molar-refractivity contribution in [1.29, 1.82) is 0 Å².